The van der Waals surface area contributed by atoms with E-state index < -0.39 is 23.2 Å². The maximum atomic E-state index is 2.61. The average Bonchev–Trinajstić information content (AvgIpc) is 3.25. The molecule has 0 aliphatic heterocycles. The molecule has 164 valence electrons. The molecule has 2 aliphatic carbocycles. The first-order chi connectivity index (χ1) is 12.6. The van der Waals surface area contributed by atoms with Crippen molar-refractivity contribution in [1.82, 2.24) is 0 Å². The maximum absolute atomic E-state index is 2.61. The van der Waals surface area contributed by atoms with Gasteiger partial charge in [-0.2, -0.15) is 0 Å². The van der Waals surface area contributed by atoms with E-state index in [0.29, 0.717) is 17.1 Å². The molecule has 0 N–H and O–H groups in total. The fraction of sp³-hybridized carbons (Fsp3) is 0.692. The van der Waals surface area contributed by atoms with Gasteiger partial charge in [-0.1, -0.05) is 0 Å². The molecule has 0 heterocycles. The molecular weight excluding hydrogens is 474 g/mol. The molecule has 29 heavy (non-hydrogen) atoms. The van der Waals surface area contributed by atoms with Crippen LogP contribution < -0.4 is 24.8 Å². The van der Waals surface area contributed by atoms with Gasteiger partial charge in [-0.25, -0.2) is 0 Å². The van der Waals surface area contributed by atoms with Crippen LogP contribution in [-0.4, -0.2) is 0 Å². The number of allylic oxidation sites excluding steroid dienone is 8. The summed E-state index contributed by atoms with van der Waals surface area (Å²) in [6.45, 7) is 19.6. The van der Waals surface area contributed by atoms with Gasteiger partial charge in [-0.3, -0.25) is 0 Å². The molecule has 0 fully saturated rings. The summed E-state index contributed by atoms with van der Waals surface area (Å²) in [5.74, 6) is 1.49. The van der Waals surface area contributed by atoms with Crippen molar-refractivity contribution in [3.8, 4) is 0 Å². The number of halogens is 2. The molecule has 0 amide bonds. The molecule has 2 aliphatic rings. The van der Waals surface area contributed by atoms with Gasteiger partial charge in [0.2, 0.25) is 0 Å². The molecule has 0 nitrogen and oxygen atoms in total. The van der Waals surface area contributed by atoms with Crippen LogP contribution >= 0.6 is 0 Å². The fourth-order valence-electron chi connectivity index (χ4n) is 5.57. The van der Waals surface area contributed by atoms with Crippen molar-refractivity contribution in [3.63, 3.8) is 0 Å². The minimum absolute atomic E-state index is 0. The zero-order valence-corrected chi connectivity index (χ0v) is 23.8. The summed E-state index contributed by atoms with van der Waals surface area (Å²) in [6.07, 6.45) is 25.0. The van der Waals surface area contributed by atoms with E-state index in [1.165, 1.54) is 25.7 Å². The molecule has 0 spiro atoms. The number of rotatable bonds is 10. The van der Waals surface area contributed by atoms with Crippen LogP contribution in [0.3, 0.4) is 0 Å². The Bertz CT molecular complexity index is 551. The van der Waals surface area contributed by atoms with E-state index in [1.54, 1.807) is 0 Å². The summed E-state index contributed by atoms with van der Waals surface area (Å²) in [5.41, 5.74) is 0.723. The normalized spacial score (nSPS) is 22.1. The molecule has 2 rings (SSSR count). The van der Waals surface area contributed by atoms with Crippen molar-refractivity contribution in [2.45, 2.75) is 87.3 Å². The second-order valence-corrected chi connectivity index (χ2v) is 15.0. The van der Waals surface area contributed by atoms with Crippen molar-refractivity contribution < 1.29 is 48.0 Å². The van der Waals surface area contributed by atoms with E-state index in [4.69, 9.17) is 0 Å². The van der Waals surface area contributed by atoms with Gasteiger partial charge in [0.15, 0.2) is 0 Å². The van der Waals surface area contributed by atoms with E-state index in [1.807, 2.05) is 0 Å². The second-order valence-electron chi connectivity index (χ2n) is 10.3. The first kappa shape index (κ1) is 29.4. The Morgan fingerprint density at radius 1 is 0.655 bits per heavy atom. The van der Waals surface area contributed by atoms with Gasteiger partial charge in [0, 0.05) is 0 Å². The largest absolute Gasteiger partial charge is 1.00 e. The second kappa shape index (κ2) is 11.3. The Morgan fingerprint density at radius 2 is 0.931 bits per heavy atom. The molecular formula is C26H42Cl2Zr. The molecule has 2 unspecified atom stereocenters. The predicted octanol–water partition coefficient (Wildman–Crippen LogP) is 2.57. The molecule has 3 heteroatoms. The molecule has 0 aromatic rings. The van der Waals surface area contributed by atoms with Crippen molar-refractivity contribution in [2.24, 2.45) is 22.7 Å². The summed E-state index contributed by atoms with van der Waals surface area (Å²) >= 11 is -0.894. The van der Waals surface area contributed by atoms with Crippen LogP contribution in [0.5, 0.6) is 0 Å². The van der Waals surface area contributed by atoms with E-state index in [2.05, 4.69) is 104 Å². The van der Waals surface area contributed by atoms with E-state index >= 15 is 0 Å². The Labute approximate surface area is 205 Å². The van der Waals surface area contributed by atoms with Crippen LogP contribution in [-0.2, 0) is 23.2 Å². The van der Waals surface area contributed by atoms with E-state index in [0.717, 1.165) is 11.8 Å². The molecule has 0 bridgehead atoms. The zero-order chi connectivity index (χ0) is 20.3. The van der Waals surface area contributed by atoms with Crippen molar-refractivity contribution in [2.75, 3.05) is 0 Å². The van der Waals surface area contributed by atoms with Crippen LogP contribution in [0.4, 0.5) is 0 Å². The quantitative estimate of drug-likeness (QED) is 0.419. The van der Waals surface area contributed by atoms with Crippen LogP contribution in [0.1, 0.15) is 81.1 Å². The summed E-state index contributed by atoms with van der Waals surface area (Å²) in [5, 5.41) is 0. The standard InChI is InChI=1S/2C13H21.2ClH.Zr/c2*1-5-13(4,10-11(2)3)12-8-6-7-9-12;;;/h2*6-9,11H,5,10H2,1-4H3;2*1H;/q;;;;+2/p-2. The maximum Gasteiger partial charge on any atom is -1.00 e. The van der Waals surface area contributed by atoms with E-state index in [9.17, 15) is 0 Å². The van der Waals surface area contributed by atoms with Crippen molar-refractivity contribution in [1.29, 1.82) is 0 Å². The third-order valence-corrected chi connectivity index (χ3v) is 14.0. The summed E-state index contributed by atoms with van der Waals surface area (Å²) < 4.78 is 0.615. The molecule has 0 saturated heterocycles. The third-order valence-electron chi connectivity index (χ3n) is 7.35. The molecule has 2 atom stereocenters. The molecule has 0 aromatic carbocycles. The van der Waals surface area contributed by atoms with Crippen LogP contribution in [0, 0.1) is 22.7 Å². The third kappa shape index (κ3) is 5.81. The predicted molar refractivity (Wildman–Crippen MR) is 118 cm³/mol. The average molecular weight is 517 g/mol. The smallest absolute Gasteiger partial charge is 1.00 e. The van der Waals surface area contributed by atoms with Gasteiger partial charge in [-0.05, 0) is 0 Å². The minimum Gasteiger partial charge on any atom is -1.00 e. The number of hydrogen-bond donors (Lipinski definition) is 0. The topological polar surface area (TPSA) is 0 Å². The molecule has 0 aromatic heterocycles. The first-order valence-corrected chi connectivity index (χ1v) is 13.6. The monoisotopic (exact) mass is 514 g/mol. The van der Waals surface area contributed by atoms with Crippen molar-refractivity contribution >= 4 is 0 Å². The molecule has 0 saturated carbocycles. The van der Waals surface area contributed by atoms with Gasteiger partial charge in [-0.15, -0.1) is 0 Å². The van der Waals surface area contributed by atoms with Gasteiger partial charge < -0.3 is 24.8 Å². The van der Waals surface area contributed by atoms with Crippen molar-refractivity contribution in [3.05, 3.63) is 48.6 Å². The Morgan fingerprint density at radius 3 is 1.14 bits per heavy atom. The minimum atomic E-state index is -0.894. The van der Waals surface area contributed by atoms with Crippen LogP contribution in [0.25, 0.3) is 0 Å². The van der Waals surface area contributed by atoms with Gasteiger partial charge in [0.25, 0.3) is 0 Å². The SMILES string of the molecule is CCC(C)(CC(C)C)[C]1([Zr+2][C]2(C(C)(CC)CC(C)C)C=CC=C2)C=CC=C1.[Cl-].[Cl-]. The Kier molecular flexibility index (Phi) is 11.5. The van der Waals surface area contributed by atoms with Gasteiger partial charge in [0.05, 0.1) is 0 Å². The Hall–Kier alpha value is 0.423. The fourth-order valence-corrected chi connectivity index (χ4v) is 11.9. The Balaban J connectivity index is 0.00000392. The summed E-state index contributed by atoms with van der Waals surface area (Å²) in [7, 11) is 0. The zero-order valence-electron chi connectivity index (χ0n) is 19.9. The van der Waals surface area contributed by atoms with Crippen LogP contribution in [0.2, 0.25) is 6.25 Å². The van der Waals surface area contributed by atoms with Gasteiger partial charge >= 0.3 is 182 Å². The summed E-state index contributed by atoms with van der Waals surface area (Å²) in [4.78, 5) is 0. The number of hydrogen-bond acceptors (Lipinski definition) is 0. The van der Waals surface area contributed by atoms with Gasteiger partial charge in [0.1, 0.15) is 0 Å². The molecule has 0 radical (unpaired) electrons. The summed E-state index contributed by atoms with van der Waals surface area (Å²) in [6, 6.07) is 0. The van der Waals surface area contributed by atoms with Crippen LogP contribution in [0.15, 0.2) is 48.6 Å². The first-order valence-electron chi connectivity index (χ1n) is 11.1. The van der Waals surface area contributed by atoms with E-state index in [-0.39, 0.29) is 24.8 Å².